The Kier molecular flexibility index (Phi) is 6.07. The number of ether oxygens (including phenoxy) is 1. The molecule has 0 aliphatic rings. The van der Waals surface area contributed by atoms with Gasteiger partial charge in [0.2, 0.25) is 11.9 Å². The first kappa shape index (κ1) is 21.7. The summed E-state index contributed by atoms with van der Waals surface area (Å²) in [6.45, 7) is -0.227. The molecule has 0 spiro atoms. The SMILES string of the molecule is Nc1nc(COC(=O)c2nc(-c3ccccc3)n(-c3ccccc3)n2)nc(Nc2ccccc2)n1. The number of esters is 1. The molecule has 172 valence electrons. The van der Waals surface area contributed by atoms with Gasteiger partial charge in [-0.3, -0.25) is 0 Å². The molecule has 3 N–H and O–H groups in total. The Hall–Kier alpha value is -5.12. The van der Waals surface area contributed by atoms with Crippen molar-refractivity contribution in [2.75, 3.05) is 11.1 Å². The fourth-order valence-corrected chi connectivity index (χ4v) is 3.33. The number of nitrogens with zero attached hydrogens (tertiary/aromatic N) is 6. The average Bonchev–Trinajstić information content (AvgIpc) is 3.34. The topological polar surface area (TPSA) is 134 Å². The van der Waals surface area contributed by atoms with E-state index >= 15 is 0 Å². The van der Waals surface area contributed by atoms with Gasteiger partial charge in [0, 0.05) is 11.3 Å². The number of hydrogen-bond acceptors (Lipinski definition) is 9. The Balaban J connectivity index is 1.36. The maximum absolute atomic E-state index is 12.8. The normalized spacial score (nSPS) is 10.6. The quantitative estimate of drug-likeness (QED) is 0.345. The summed E-state index contributed by atoms with van der Waals surface area (Å²) in [4.78, 5) is 29.7. The molecule has 5 aromatic rings. The first-order valence-electron chi connectivity index (χ1n) is 10.7. The molecule has 0 unspecified atom stereocenters. The second-order valence-corrected chi connectivity index (χ2v) is 7.37. The van der Waals surface area contributed by atoms with Crippen LogP contribution in [0.3, 0.4) is 0 Å². The molecular formula is C25H20N8O2. The monoisotopic (exact) mass is 464 g/mol. The lowest BCUT2D eigenvalue weighted by molar-refractivity contribution is 0.0448. The van der Waals surface area contributed by atoms with Crippen LogP contribution in [-0.4, -0.2) is 35.7 Å². The summed E-state index contributed by atoms with van der Waals surface area (Å²) < 4.78 is 7.01. The minimum absolute atomic E-state index is 0.00215. The van der Waals surface area contributed by atoms with Gasteiger partial charge in [0.1, 0.15) is 0 Å². The first-order valence-corrected chi connectivity index (χ1v) is 10.7. The summed E-state index contributed by atoms with van der Waals surface area (Å²) in [5, 5.41) is 7.44. The van der Waals surface area contributed by atoms with E-state index in [0.29, 0.717) is 5.82 Å². The summed E-state index contributed by atoms with van der Waals surface area (Å²) in [6.07, 6.45) is 0. The number of carbonyl (C=O) groups excluding carboxylic acids is 1. The zero-order chi connectivity index (χ0) is 24.0. The number of nitrogen functional groups attached to an aromatic ring is 1. The van der Waals surface area contributed by atoms with Gasteiger partial charge in [-0.05, 0) is 24.3 Å². The number of para-hydroxylation sites is 2. The highest BCUT2D eigenvalue weighted by Gasteiger charge is 2.20. The Morgan fingerprint density at radius 1 is 0.829 bits per heavy atom. The van der Waals surface area contributed by atoms with Crippen molar-refractivity contribution in [3.8, 4) is 17.1 Å². The van der Waals surface area contributed by atoms with Gasteiger partial charge in [-0.1, -0.05) is 66.7 Å². The van der Waals surface area contributed by atoms with E-state index in [2.05, 4.69) is 30.4 Å². The summed E-state index contributed by atoms with van der Waals surface area (Å²) in [5.41, 5.74) is 8.17. The van der Waals surface area contributed by atoms with Gasteiger partial charge in [0.15, 0.2) is 18.3 Å². The fourth-order valence-electron chi connectivity index (χ4n) is 3.33. The highest BCUT2D eigenvalue weighted by molar-refractivity contribution is 5.86. The van der Waals surface area contributed by atoms with Gasteiger partial charge in [0.25, 0.3) is 5.82 Å². The van der Waals surface area contributed by atoms with Crippen molar-refractivity contribution in [3.05, 3.63) is 103 Å². The molecule has 0 fully saturated rings. The van der Waals surface area contributed by atoms with Gasteiger partial charge in [0.05, 0.1) is 5.69 Å². The molecule has 0 aliphatic carbocycles. The second kappa shape index (κ2) is 9.79. The van der Waals surface area contributed by atoms with Crippen LogP contribution in [0, 0.1) is 0 Å². The van der Waals surface area contributed by atoms with E-state index in [1.165, 1.54) is 0 Å². The van der Waals surface area contributed by atoms with E-state index in [9.17, 15) is 4.79 Å². The van der Waals surface area contributed by atoms with Crippen LogP contribution < -0.4 is 11.1 Å². The maximum Gasteiger partial charge on any atom is 0.378 e. The molecule has 0 saturated carbocycles. The predicted octanol–water partition coefficient (Wildman–Crippen LogP) is 3.80. The maximum atomic E-state index is 12.8. The van der Waals surface area contributed by atoms with Crippen molar-refractivity contribution in [3.63, 3.8) is 0 Å². The smallest absolute Gasteiger partial charge is 0.378 e. The third-order valence-electron chi connectivity index (χ3n) is 4.88. The Morgan fingerprint density at radius 2 is 1.49 bits per heavy atom. The molecule has 10 heteroatoms. The van der Waals surface area contributed by atoms with Crippen LogP contribution in [-0.2, 0) is 11.3 Å². The number of carbonyl (C=O) groups is 1. The first-order chi connectivity index (χ1) is 17.2. The van der Waals surface area contributed by atoms with E-state index in [-0.39, 0.29) is 30.2 Å². The minimum Gasteiger partial charge on any atom is -0.452 e. The van der Waals surface area contributed by atoms with Gasteiger partial charge in [-0.2, -0.15) is 15.0 Å². The van der Waals surface area contributed by atoms with E-state index in [1.54, 1.807) is 4.68 Å². The van der Waals surface area contributed by atoms with Crippen molar-refractivity contribution < 1.29 is 9.53 Å². The summed E-state index contributed by atoms with van der Waals surface area (Å²) in [5.74, 6) is 0.151. The van der Waals surface area contributed by atoms with Crippen LogP contribution in [0.15, 0.2) is 91.0 Å². The fraction of sp³-hybridized carbons (Fsp3) is 0.0400. The summed E-state index contributed by atoms with van der Waals surface area (Å²) in [6, 6.07) is 28.3. The standard InChI is InChI=1S/C25H20N8O2/c26-24-28-20(29-25(31-24)27-18-12-6-2-7-13-18)16-35-23(34)21-30-22(17-10-4-1-5-11-17)33(32-21)19-14-8-3-9-15-19/h1-15H,16H2,(H3,26,27,28,29,31). The van der Waals surface area contributed by atoms with Crippen molar-refractivity contribution in [1.82, 2.24) is 29.7 Å². The molecular weight excluding hydrogens is 444 g/mol. The molecule has 10 nitrogen and oxygen atoms in total. The number of rotatable bonds is 7. The van der Waals surface area contributed by atoms with E-state index in [0.717, 1.165) is 16.9 Å². The number of nitrogens with two attached hydrogens (primary N) is 1. The number of benzene rings is 3. The largest absolute Gasteiger partial charge is 0.452 e. The second-order valence-electron chi connectivity index (χ2n) is 7.37. The molecule has 0 saturated heterocycles. The van der Waals surface area contributed by atoms with Crippen LogP contribution in [0.1, 0.15) is 16.4 Å². The molecule has 3 aromatic carbocycles. The van der Waals surface area contributed by atoms with Gasteiger partial charge >= 0.3 is 5.97 Å². The highest BCUT2D eigenvalue weighted by atomic mass is 16.5. The zero-order valence-corrected chi connectivity index (χ0v) is 18.4. The number of anilines is 3. The molecule has 2 aromatic heterocycles. The van der Waals surface area contributed by atoms with Crippen LogP contribution >= 0.6 is 0 Å². The lowest BCUT2D eigenvalue weighted by atomic mass is 10.2. The molecule has 35 heavy (non-hydrogen) atoms. The third kappa shape index (κ3) is 5.11. The Bertz CT molecular complexity index is 1380. The molecule has 0 amide bonds. The lowest BCUT2D eigenvalue weighted by Gasteiger charge is -2.07. The van der Waals surface area contributed by atoms with Crippen molar-refractivity contribution in [2.45, 2.75) is 6.61 Å². The Morgan fingerprint density at radius 3 is 2.20 bits per heavy atom. The Labute approximate surface area is 200 Å². The van der Waals surface area contributed by atoms with E-state index in [4.69, 9.17) is 10.5 Å². The molecule has 2 heterocycles. The predicted molar refractivity (Wildman–Crippen MR) is 130 cm³/mol. The van der Waals surface area contributed by atoms with Gasteiger partial charge in [-0.25, -0.2) is 14.5 Å². The van der Waals surface area contributed by atoms with E-state index in [1.807, 2.05) is 91.0 Å². The third-order valence-corrected chi connectivity index (χ3v) is 4.88. The molecule has 5 rings (SSSR count). The van der Waals surface area contributed by atoms with Crippen molar-refractivity contribution in [2.24, 2.45) is 0 Å². The molecule has 0 radical (unpaired) electrons. The molecule has 0 aliphatic heterocycles. The van der Waals surface area contributed by atoms with Gasteiger partial charge in [-0.15, -0.1) is 5.10 Å². The molecule has 0 bridgehead atoms. The van der Waals surface area contributed by atoms with Gasteiger partial charge < -0.3 is 15.8 Å². The van der Waals surface area contributed by atoms with Crippen molar-refractivity contribution >= 4 is 23.6 Å². The van der Waals surface area contributed by atoms with Crippen molar-refractivity contribution in [1.29, 1.82) is 0 Å². The van der Waals surface area contributed by atoms with Crippen LogP contribution in [0.5, 0.6) is 0 Å². The minimum atomic E-state index is -0.714. The summed E-state index contributed by atoms with van der Waals surface area (Å²) in [7, 11) is 0. The van der Waals surface area contributed by atoms with Crippen LogP contribution in [0.2, 0.25) is 0 Å². The summed E-state index contributed by atoms with van der Waals surface area (Å²) >= 11 is 0. The zero-order valence-electron chi connectivity index (χ0n) is 18.4. The average molecular weight is 464 g/mol. The number of hydrogen-bond donors (Lipinski definition) is 2. The molecule has 0 atom stereocenters. The van der Waals surface area contributed by atoms with E-state index < -0.39 is 5.97 Å². The number of aromatic nitrogens is 6. The van der Waals surface area contributed by atoms with Crippen LogP contribution in [0.4, 0.5) is 17.6 Å². The van der Waals surface area contributed by atoms with Crippen LogP contribution in [0.25, 0.3) is 17.1 Å². The lowest BCUT2D eigenvalue weighted by Crippen LogP contribution is -2.12. The highest BCUT2D eigenvalue weighted by Crippen LogP contribution is 2.21. The number of nitrogens with one attached hydrogen (secondary N) is 1.